The summed E-state index contributed by atoms with van der Waals surface area (Å²) in [6.07, 6.45) is 5.55. The van der Waals surface area contributed by atoms with E-state index in [-0.39, 0.29) is 17.5 Å². The third kappa shape index (κ3) is 2.99. The predicted molar refractivity (Wildman–Crippen MR) is 82.4 cm³/mol. The molecule has 2 aromatic rings. The van der Waals surface area contributed by atoms with Crippen molar-refractivity contribution in [3.8, 4) is 0 Å². The molecule has 1 aliphatic rings. The molecule has 0 bridgehead atoms. The number of carbonyl (C=O) groups is 1. The average molecular weight is 322 g/mol. The second-order valence-corrected chi connectivity index (χ2v) is 6.09. The van der Waals surface area contributed by atoms with Crippen LogP contribution in [0.1, 0.15) is 28.8 Å². The number of aromatic nitrogens is 2. The van der Waals surface area contributed by atoms with Gasteiger partial charge in [0.2, 0.25) is 0 Å². The van der Waals surface area contributed by atoms with Crippen LogP contribution < -0.4 is 0 Å². The third-order valence-electron chi connectivity index (χ3n) is 3.96. The van der Waals surface area contributed by atoms with E-state index in [1.807, 2.05) is 17.8 Å². The summed E-state index contributed by atoms with van der Waals surface area (Å²) < 4.78 is 15.7. The lowest BCUT2D eigenvalue weighted by Crippen LogP contribution is -2.38. The fourth-order valence-corrected chi connectivity index (χ4v) is 3.06. The van der Waals surface area contributed by atoms with E-state index in [0.717, 1.165) is 18.4 Å². The number of likely N-dealkylation sites (tertiary alicyclic amines) is 1. The summed E-state index contributed by atoms with van der Waals surface area (Å²) in [5.41, 5.74) is 1.12. The van der Waals surface area contributed by atoms with Crippen LogP contribution in [0.2, 0.25) is 5.02 Å². The maximum absolute atomic E-state index is 13.9. The lowest BCUT2D eigenvalue weighted by molar-refractivity contribution is 0.0717. The van der Waals surface area contributed by atoms with Crippen molar-refractivity contribution in [3.63, 3.8) is 0 Å². The van der Waals surface area contributed by atoms with E-state index in [1.165, 1.54) is 18.2 Å². The predicted octanol–water partition coefficient (Wildman–Crippen LogP) is 3.29. The van der Waals surface area contributed by atoms with E-state index in [4.69, 9.17) is 11.6 Å². The maximum Gasteiger partial charge on any atom is 0.257 e. The first kappa shape index (κ1) is 15.0. The first-order valence-electron chi connectivity index (χ1n) is 7.29. The van der Waals surface area contributed by atoms with E-state index in [2.05, 4.69) is 5.10 Å². The number of benzene rings is 1. The van der Waals surface area contributed by atoms with Crippen molar-refractivity contribution in [2.75, 3.05) is 6.54 Å². The molecule has 1 aromatic carbocycles. The largest absolute Gasteiger partial charge is 0.334 e. The van der Waals surface area contributed by atoms with E-state index in [0.29, 0.717) is 18.1 Å². The molecule has 0 radical (unpaired) electrons. The molecule has 6 heteroatoms. The molecule has 116 valence electrons. The van der Waals surface area contributed by atoms with Crippen LogP contribution in [0.4, 0.5) is 4.39 Å². The zero-order valence-electron chi connectivity index (χ0n) is 12.3. The van der Waals surface area contributed by atoms with Gasteiger partial charge in [-0.25, -0.2) is 4.39 Å². The quantitative estimate of drug-likeness (QED) is 0.870. The van der Waals surface area contributed by atoms with Gasteiger partial charge in [0.25, 0.3) is 5.91 Å². The minimum absolute atomic E-state index is 0.0326. The lowest BCUT2D eigenvalue weighted by Gasteiger charge is -2.25. The summed E-state index contributed by atoms with van der Waals surface area (Å²) in [4.78, 5) is 14.4. The molecule has 1 aliphatic heterocycles. The van der Waals surface area contributed by atoms with Crippen LogP contribution >= 0.6 is 11.6 Å². The number of amides is 1. The van der Waals surface area contributed by atoms with Crippen LogP contribution in [0.15, 0.2) is 30.6 Å². The van der Waals surface area contributed by atoms with Crippen LogP contribution in [0.25, 0.3) is 0 Å². The normalized spacial score (nSPS) is 18.0. The topological polar surface area (TPSA) is 38.1 Å². The Balaban J connectivity index is 1.80. The molecule has 4 nitrogen and oxygen atoms in total. The number of hydrogen-bond donors (Lipinski definition) is 0. The van der Waals surface area contributed by atoms with Crippen molar-refractivity contribution in [1.29, 1.82) is 0 Å². The van der Waals surface area contributed by atoms with Gasteiger partial charge in [0.1, 0.15) is 5.82 Å². The molecule has 22 heavy (non-hydrogen) atoms. The van der Waals surface area contributed by atoms with Gasteiger partial charge in [0.05, 0.1) is 24.3 Å². The maximum atomic E-state index is 13.9. The summed E-state index contributed by atoms with van der Waals surface area (Å²) in [6, 6.07) is 4.11. The Morgan fingerprint density at radius 2 is 2.32 bits per heavy atom. The highest BCUT2D eigenvalue weighted by Crippen LogP contribution is 2.24. The minimum atomic E-state index is -0.532. The summed E-state index contributed by atoms with van der Waals surface area (Å²) in [5.74, 6) is -0.832. The molecule has 2 heterocycles. The van der Waals surface area contributed by atoms with Crippen molar-refractivity contribution in [3.05, 3.63) is 52.6 Å². The van der Waals surface area contributed by atoms with Crippen molar-refractivity contribution < 1.29 is 9.18 Å². The molecule has 0 aliphatic carbocycles. The number of aryl methyl sites for hydroxylation is 1. The van der Waals surface area contributed by atoms with Crippen LogP contribution in [-0.4, -0.2) is 33.2 Å². The van der Waals surface area contributed by atoms with Gasteiger partial charge in [-0.3, -0.25) is 9.48 Å². The fraction of sp³-hybridized carbons (Fsp3) is 0.375. The number of rotatable bonds is 3. The second-order valence-electron chi connectivity index (χ2n) is 5.66. The average Bonchev–Trinajstić information content (AvgIpc) is 3.10. The molecule has 1 fully saturated rings. The highest BCUT2D eigenvalue weighted by molar-refractivity contribution is 6.31. The van der Waals surface area contributed by atoms with Crippen molar-refractivity contribution in [1.82, 2.24) is 14.7 Å². The Morgan fingerprint density at radius 1 is 1.50 bits per heavy atom. The zero-order valence-corrected chi connectivity index (χ0v) is 13.1. The molecular weight excluding hydrogens is 305 g/mol. The molecule has 1 atom stereocenters. The van der Waals surface area contributed by atoms with Crippen LogP contribution in [-0.2, 0) is 6.54 Å². The minimum Gasteiger partial charge on any atom is -0.334 e. The van der Waals surface area contributed by atoms with Crippen LogP contribution in [0, 0.1) is 12.7 Å². The van der Waals surface area contributed by atoms with Gasteiger partial charge in [-0.15, -0.1) is 0 Å². The van der Waals surface area contributed by atoms with Gasteiger partial charge in [-0.2, -0.15) is 5.10 Å². The van der Waals surface area contributed by atoms with Crippen molar-refractivity contribution in [2.45, 2.75) is 32.4 Å². The SMILES string of the molecule is Cc1cnn(C[C@@H]2CCCN2C(=O)c2cc(Cl)ccc2F)c1. The molecule has 0 unspecified atom stereocenters. The Hall–Kier alpha value is -1.88. The van der Waals surface area contributed by atoms with Gasteiger partial charge < -0.3 is 4.90 Å². The second kappa shape index (κ2) is 6.08. The highest BCUT2D eigenvalue weighted by Gasteiger charge is 2.31. The van der Waals surface area contributed by atoms with Crippen molar-refractivity contribution >= 4 is 17.5 Å². The molecule has 0 spiro atoms. The van der Waals surface area contributed by atoms with Crippen molar-refractivity contribution in [2.24, 2.45) is 0 Å². The van der Waals surface area contributed by atoms with E-state index in [9.17, 15) is 9.18 Å². The van der Waals surface area contributed by atoms with Gasteiger partial charge in [-0.05, 0) is 43.5 Å². The molecular formula is C16H17ClFN3O. The Kier molecular flexibility index (Phi) is 4.16. The molecule has 1 saturated heterocycles. The number of hydrogen-bond acceptors (Lipinski definition) is 2. The number of carbonyl (C=O) groups excluding carboxylic acids is 1. The van der Waals surface area contributed by atoms with E-state index < -0.39 is 5.82 Å². The summed E-state index contributed by atoms with van der Waals surface area (Å²) >= 11 is 5.88. The molecule has 0 N–H and O–H groups in total. The Bertz CT molecular complexity index is 700. The third-order valence-corrected chi connectivity index (χ3v) is 4.19. The van der Waals surface area contributed by atoms with Gasteiger partial charge in [0, 0.05) is 17.8 Å². The first-order valence-corrected chi connectivity index (χ1v) is 7.67. The lowest BCUT2D eigenvalue weighted by atomic mass is 10.1. The van der Waals surface area contributed by atoms with Gasteiger partial charge in [-0.1, -0.05) is 11.6 Å². The van der Waals surface area contributed by atoms with Crippen LogP contribution in [0.3, 0.4) is 0 Å². The summed E-state index contributed by atoms with van der Waals surface area (Å²) in [7, 11) is 0. The monoisotopic (exact) mass is 321 g/mol. The Morgan fingerprint density at radius 3 is 3.05 bits per heavy atom. The standard InChI is InChI=1S/C16H17ClFN3O/c1-11-8-19-20(9-11)10-13-3-2-6-21(13)16(22)14-7-12(17)4-5-15(14)18/h4-5,7-9,13H,2-3,6,10H2,1H3/t13-/m0/s1. The smallest absolute Gasteiger partial charge is 0.257 e. The fourth-order valence-electron chi connectivity index (χ4n) is 2.89. The first-order chi connectivity index (χ1) is 10.5. The highest BCUT2D eigenvalue weighted by atomic mass is 35.5. The summed E-state index contributed by atoms with van der Waals surface area (Å²) in [5, 5.41) is 4.63. The Labute approximate surface area is 133 Å². The molecule has 0 saturated carbocycles. The van der Waals surface area contributed by atoms with Crippen LogP contribution in [0.5, 0.6) is 0 Å². The summed E-state index contributed by atoms with van der Waals surface area (Å²) in [6.45, 7) is 3.24. The van der Waals surface area contributed by atoms with E-state index in [1.54, 1.807) is 11.1 Å². The number of halogens is 2. The van der Waals surface area contributed by atoms with Gasteiger partial charge >= 0.3 is 0 Å². The molecule has 1 amide bonds. The molecule has 3 rings (SSSR count). The zero-order chi connectivity index (χ0) is 15.7. The van der Waals surface area contributed by atoms with E-state index >= 15 is 0 Å². The van der Waals surface area contributed by atoms with Gasteiger partial charge in [0.15, 0.2) is 0 Å². The molecule has 1 aromatic heterocycles. The number of nitrogens with zero attached hydrogens (tertiary/aromatic N) is 3.